The molecular formula is C26H24F2N2O3S. The molecule has 0 bridgehead atoms. The Balaban J connectivity index is 2.02. The van der Waals surface area contributed by atoms with E-state index in [9.17, 15) is 23.5 Å². The van der Waals surface area contributed by atoms with Crippen molar-refractivity contribution in [2.24, 2.45) is 4.99 Å². The average molecular weight is 483 g/mol. The summed E-state index contributed by atoms with van der Waals surface area (Å²) >= 11 is 0.908. The maximum atomic E-state index is 14.6. The summed E-state index contributed by atoms with van der Waals surface area (Å²) in [6, 6.07) is 10.0. The van der Waals surface area contributed by atoms with Gasteiger partial charge in [-0.25, -0.2) is 18.6 Å². The van der Waals surface area contributed by atoms with E-state index in [0.717, 1.165) is 29.7 Å². The molecule has 1 aromatic heterocycles. The Bertz CT molecular complexity index is 1300. The number of rotatable bonds is 8. The predicted molar refractivity (Wildman–Crippen MR) is 132 cm³/mol. The summed E-state index contributed by atoms with van der Waals surface area (Å²) in [4.78, 5) is 29.6. The van der Waals surface area contributed by atoms with Crippen LogP contribution in [0.3, 0.4) is 0 Å². The molecule has 176 valence electrons. The number of unbranched alkanes of at least 4 members (excludes halogenated alkanes) is 1. The lowest BCUT2D eigenvalue weighted by molar-refractivity contribution is -0.110. The van der Waals surface area contributed by atoms with Gasteiger partial charge >= 0.3 is 5.97 Å². The van der Waals surface area contributed by atoms with E-state index in [1.165, 1.54) is 24.4 Å². The normalized spacial score (nSPS) is 11.7. The summed E-state index contributed by atoms with van der Waals surface area (Å²) in [7, 11) is 0. The highest BCUT2D eigenvalue weighted by Gasteiger charge is 2.25. The van der Waals surface area contributed by atoms with Gasteiger partial charge in [0.15, 0.2) is 11.6 Å². The van der Waals surface area contributed by atoms with Crippen LogP contribution in [0.25, 0.3) is 10.4 Å². The molecule has 2 N–H and O–H groups in total. The third-order valence-electron chi connectivity index (χ3n) is 5.09. The SMILES string of the molecule is CCCC=CC(=Nc1ccccc1C)C(=O)Nc1csc(-c2ccc(C)c(F)c2F)c1C(=O)O. The van der Waals surface area contributed by atoms with Gasteiger partial charge in [-0.1, -0.05) is 49.8 Å². The molecule has 0 saturated heterocycles. The quantitative estimate of drug-likeness (QED) is 0.337. The second-order valence-corrected chi connectivity index (χ2v) is 8.52. The summed E-state index contributed by atoms with van der Waals surface area (Å²) in [6.45, 7) is 5.29. The maximum Gasteiger partial charge on any atom is 0.339 e. The predicted octanol–water partition coefficient (Wildman–Crippen LogP) is 7.08. The first kappa shape index (κ1) is 25.0. The van der Waals surface area contributed by atoms with Crippen molar-refractivity contribution in [3.05, 3.63) is 82.3 Å². The minimum atomic E-state index is -1.37. The first-order valence-electron chi connectivity index (χ1n) is 10.7. The number of carboxylic acid groups (broad SMARTS) is 1. The number of aliphatic imine (C=N–C) groups is 1. The largest absolute Gasteiger partial charge is 0.478 e. The van der Waals surface area contributed by atoms with Gasteiger partial charge < -0.3 is 10.4 Å². The van der Waals surface area contributed by atoms with Crippen LogP contribution >= 0.6 is 11.3 Å². The number of benzene rings is 2. The number of hydrogen-bond donors (Lipinski definition) is 2. The highest BCUT2D eigenvalue weighted by atomic mass is 32.1. The first-order valence-corrected chi connectivity index (χ1v) is 11.5. The standard InChI is InChI=1S/C26H24F2N2O3S/c1-4-5-6-11-19(29-18-10-8-7-9-15(18)2)25(31)30-20-14-34-24(21(20)26(32)33)17-13-12-16(3)22(27)23(17)28/h6-14H,4-5H2,1-3H3,(H,30,31)(H,32,33). The lowest BCUT2D eigenvalue weighted by atomic mass is 10.1. The Labute approximate surface area is 200 Å². The Hall–Kier alpha value is -3.65. The molecule has 5 nitrogen and oxygen atoms in total. The fraction of sp³-hybridized carbons (Fsp3) is 0.192. The van der Waals surface area contributed by atoms with Crippen LogP contribution in [0.2, 0.25) is 0 Å². The van der Waals surface area contributed by atoms with Gasteiger partial charge in [-0.15, -0.1) is 11.3 Å². The van der Waals surface area contributed by atoms with Crippen molar-refractivity contribution in [1.29, 1.82) is 0 Å². The number of nitrogens with zero attached hydrogens (tertiary/aromatic N) is 1. The van der Waals surface area contributed by atoms with Gasteiger partial charge in [0.25, 0.3) is 5.91 Å². The smallest absolute Gasteiger partial charge is 0.339 e. The van der Waals surface area contributed by atoms with E-state index < -0.39 is 23.5 Å². The first-order chi connectivity index (χ1) is 16.2. The van der Waals surface area contributed by atoms with Crippen molar-refractivity contribution in [1.82, 2.24) is 0 Å². The summed E-state index contributed by atoms with van der Waals surface area (Å²) in [5.74, 6) is -4.16. The minimum absolute atomic E-state index is 0.0121. The molecule has 1 heterocycles. The number of carbonyl (C=O) groups excluding carboxylic acids is 1. The maximum absolute atomic E-state index is 14.6. The zero-order valence-corrected chi connectivity index (χ0v) is 19.8. The number of hydrogen-bond acceptors (Lipinski definition) is 4. The highest BCUT2D eigenvalue weighted by Crippen LogP contribution is 2.38. The number of aryl methyl sites for hydroxylation is 2. The number of nitrogens with one attached hydrogen (secondary N) is 1. The molecule has 0 spiro atoms. The van der Waals surface area contributed by atoms with Gasteiger partial charge in [-0.05, 0) is 43.5 Å². The number of carbonyl (C=O) groups is 2. The number of amides is 1. The molecule has 0 unspecified atom stereocenters. The van der Waals surface area contributed by atoms with Crippen molar-refractivity contribution in [2.45, 2.75) is 33.6 Å². The Morgan fingerprint density at radius 1 is 1.09 bits per heavy atom. The molecule has 3 aromatic rings. The minimum Gasteiger partial charge on any atom is -0.478 e. The van der Waals surface area contributed by atoms with E-state index in [1.54, 1.807) is 18.2 Å². The van der Waals surface area contributed by atoms with E-state index in [1.807, 2.05) is 32.1 Å². The molecule has 8 heteroatoms. The van der Waals surface area contributed by atoms with Gasteiger partial charge in [0.05, 0.1) is 16.3 Å². The number of halogens is 2. The summed E-state index contributed by atoms with van der Waals surface area (Å²) in [6.07, 6.45) is 5.03. The summed E-state index contributed by atoms with van der Waals surface area (Å²) in [5, 5.41) is 13.8. The molecule has 0 atom stereocenters. The molecule has 0 aliphatic carbocycles. The molecule has 0 aliphatic rings. The lowest BCUT2D eigenvalue weighted by Gasteiger charge is -2.09. The zero-order chi connectivity index (χ0) is 24.8. The zero-order valence-electron chi connectivity index (χ0n) is 19.0. The molecule has 2 aromatic carbocycles. The van der Waals surface area contributed by atoms with E-state index in [2.05, 4.69) is 10.3 Å². The molecule has 0 radical (unpaired) electrons. The molecule has 0 aliphatic heterocycles. The van der Waals surface area contributed by atoms with Crippen LogP contribution in [-0.2, 0) is 4.79 Å². The van der Waals surface area contributed by atoms with Gasteiger partial charge in [0, 0.05) is 10.9 Å². The molecule has 1 amide bonds. The van der Waals surface area contributed by atoms with E-state index in [-0.39, 0.29) is 33.0 Å². The topological polar surface area (TPSA) is 78.8 Å². The second kappa shape index (κ2) is 11.0. The second-order valence-electron chi connectivity index (χ2n) is 7.65. The molecule has 3 rings (SSSR count). The summed E-state index contributed by atoms with van der Waals surface area (Å²) < 4.78 is 28.7. The molecule has 34 heavy (non-hydrogen) atoms. The number of allylic oxidation sites excluding steroid dienone is 1. The van der Waals surface area contributed by atoms with Crippen molar-refractivity contribution in [3.8, 4) is 10.4 Å². The van der Waals surface area contributed by atoms with Gasteiger partial charge in [0.1, 0.15) is 11.3 Å². The lowest BCUT2D eigenvalue weighted by Crippen LogP contribution is -2.22. The van der Waals surface area contributed by atoms with Crippen LogP contribution in [-0.4, -0.2) is 22.7 Å². The Morgan fingerprint density at radius 2 is 1.82 bits per heavy atom. The number of para-hydroxylation sites is 1. The van der Waals surface area contributed by atoms with Crippen molar-refractivity contribution in [2.75, 3.05) is 5.32 Å². The molecule has 0 saturated carbocycles. The fourth-order valence-electron chi connectivity index (χ4n) is 3.21. The molecular weight excluding hydrogens is 458 g/mol. The van der Waals surface area contributed by atoms with Crippen LogP contribution in [0, 0.1) is 25.5 Å². The van der Waals surface area contributed by atoms with Crippen LogP contribution in [0.4, 0.5) is 20.2 Å². The number of aromatic carboxylic acids is 1. The Kier molecular flexibility index (Phi) is 8.07. The number of carboxylic acids is 1. The van der Waals surface area contributed by atoms with Crippen LogP contribution in [0.5, 0.6) is 0 Å². The van der Waals surface area contributed by atoms with Crippen molar-refractivity contribution in [3.63, 3.8) is 0 Å². The molecule has 0 fully saturated rings. The van der Waals surface area contributed by atoms with Crippen LogP contribution < -0.4 is 5.32 Å². The van der Waals surface area contributed by atoms with E-state index in [4.69, 9.17) is 0 Å². The van der Waals surface area contributed by atoms with Gasteiger partial charge in [0.2, 0.25) is 0 Å². The van der Waals surface area contributed by atoms with Crippen molar-refractivity contribution < 1.29 is 23.5 Å². The number of anilines is 1. The fourth-order valence-corrected chi connectivity index (χ4v) is 4.22. The summed E-state index contributed by atoms with van der Waals surface area (Å²) in [5.41, 5.74) is 1.18. The van der Waals surface area contributed by atoms with E-state index >= 15 is 0 Å². The highest BCUT2D eigenvalue weighted by molar-refractivity contribution is 7.14. The van der Waals surface area contributed by atoms with Crippen molar-refractivity contribution >= 4 is 40.3 Å². The third-order valence-corrected chi connectivity index (χ3v) is 6.11. The third kappa shape index (κ3) is 5.46. The Morgan fingerprint density at radius 3 is 2.50 bits per heavy atom. The van der Waals surface area contributed by atoms with Gasteiger partial charge in [-0.2, -0.15) is 0 Å². The van der Waals surface area contributed by atoms with Gasteiger partial charge in [-0.3, -0.25) is 4.79 Å². The van der Waals surface area contributed by atoms with E-state index in [0.29, 0.717) is 5.69 Å². The monoisotopic (exact) mass is 482 g/mol. The number of thiophene rings is 1. The van der Waals surface area contributed by atoms with Crippen LogP contribution in [0.1, 0.15) is 41.3 Å². The van der Waals surface area contributed by atoms with Crippen LogP contribution in [0.15, 0.2) is 58.9 Å². The average Bonchev–Trinajstić information content (AvgIpc) is 3.21.